The molecule has 21 heavy (non-hydrogen) atoms. The van der Waals surface area contributed by atoms with Crippen LogP contribution in [0.2, 0.25) is 0 Å². The van der Waals surface area contributed by atoms with Crippen LogP contribution < -0.4 is 5.32 Å². The Bertz CT molecular complexity index is 669. The average Bonchev–Trinajstić information content (AvgIpc) is 2.35. The van der Waals surface area contributed by atoms with Gasteiger partial charge < -0.3 is 10.2 Å². The number of likely N-dealkylation sites (N-methyl/N-ethyl adjacent to an activating group) is 1. The molecular formula is C12H17N3O5S. The van der Waals surface area contributed by atoms with E-state index >= 15 is 0 Å². The van der Waals surface area contributed by atoms with Crippen molar-refractivity contribution < 1.29 is 18.1 Å². The van der Waals surface area contributed by atoms with E-state index in [9.17, 15) is 23.3 Å². The van der Waals surface area contributed by atoms with E-state index in [0.717, 1.165) is 12.3 Å². The first kappa shape index (κ1) is 16.9. The van der Waals surface area contributed by atoms with Gasteiger partial charge in [-0.3, -0.25) is 14.9 Å². The topological polar surface area (TPSA) is 110 Å². The number of rotatable bonds is 5. The first-order chi connectivity index (χ1) is 9.55. The Morgan fingerprint density at radius 3 is 2.38 bits per heavy atom. The van der Waals surface area contributed by atoms with E-state index in [-0.39, 0.29) is 16.5 Å². The number of carbonyl (C=O) groups is 1. The number of carbonyl (C=O) groups excluding carboxylic acids is 1. The fraction of sp³-hybridized carbons (Fsp3) is 0.417. The molecule has 0 fully saturated rings. The molecule has 1 atom stereocenters. The van der Waals surface area contributed by atoms with Gasteiger partial charge in [0.2, 0.25) is 5.91 Å². The highest BCUT2D eigenvalue weighted by Gasteiger charge is 2.27. The summed E-state index contributed by atoms with van der Waals surface area (Å²) in [6.45, 7) is 1.54. The van der Waals surface area contributed by atoms with Crippen LogP contribution in [0.25, 0.3) is 0 Å². The molecule has 0 radical (unpaired) electrons. The Kier molecular flexibility index (Phi) is 4.89. The van der Waals surface area contributed by atoms with Gasteiger partial charge in [-0.25, -0.2) is 8.42 Å². The minimum atomic E-state index is -3.75. The molecule has 0 saturated carbocycles. The number of para-hydroxylation sites is 1. The fourth-order valence-corrected chi connectivity index (χ4v) is 2.67. The van der Waals surface area contributed by atoms with Gasteiger partial charge in [-0.2, -0.15) is 0 Å². The maximum atomic E-state index is 11.8. The summed E-state index contributed by atoms with van der Waals surface area (Å²) in [4.78, 5) is 23.1. The quantitative estimate of drug-likeness (QED) is 0.638. The molecule has 9 heteroatoms. The third-order valence-electron chi connectivity index (χ3n) is 2.76. The summed E-state index contributed by atoms with van der Waals surface area (Å²) in [5, 5.41) is 13.9. The molecule has 8 nitrogen and oxygen atoms in total. The molecular weight excluding hydrogens is 298 g/mol. The zero-order valence-electron chi connectivity index (χ0n) is 12.2. The maximum Gasteiger partial charge on any atom is 0.310 e. The first-order valence-corrected chi connectivity index (χ1v) is 7.90. The van der Waals surface area contributed by atoms with Crippen LogP contribution in [0.15, 0.2) is 23.1 Å². The number of anilines is 1. The highest BCUT2D eigenvalue weighted by atomic mass is 32.2. The lowest BCUT2D eigenvalue weighted by Gasteiger charge is -2.19. The van der Waals surface area contributed by atoms with Crippen molar-refractivity contribution >= 4 is 27.1 Å². The maximum absolute atomic E-state index is 11.8. The Morgan fingerprint density at radius 1 is 1.38 bits per heavy atom. The lowest BCUT2D eigenvalue weighted by Crippen LogP contribution is -2.36. The zero-order valence-corrected chi connectivity index (χ0v) is 13.0. The predicted octanol–water partition coefficient (Wildman–Crippen LogP) is 0.887. The van der Waals surface area contributed by atoms with E-state index in [2.05, 4.69) is 5.32 Å². The summed E-state index contributed by atoms with van der Waals surface area (Å²) in [5.41, 5.74) is -0.566. The molecule has 0 saturated heterocycles. The number of nitro benzene ring substituents is 1. The standard InChI is InChI=1S/C12H17N3O5S/c1-8(12(16)14(2)3)13-9-6-5-7-10(21(4,19)20)11(9)15(17)18/h5-8,13H,1-4H3. The second-order valence-electron chi connectivity index (χ2n) is 4.78. The van der Waals surface area contributed by atoms with Crippen molar-refractivity contribution in [3.05, 3.63) is 28.3 Å². The average molecular weight is 315 g/mol. The van der Waals surface area contributed by atoms with Crippen molar-refractivity contribution in [2.24, 2.45) is 0 Å². The number of nitrogens with zero attached hydrogens (tertiary/aromatic N) is 2. The minimum absolute atomic E-state index is 0.00868. The number of hydrogen-bond donors (Lipinski definition) is 1. The lowest BCUT2D eigenvalue weighted by molar-refractivity contribution is -0.386. The van der Waals surface area contributed by atoms with Gasteiger partial charge in [0.15, 0.2) is 9.84 Å². The summed E-state index contributed by atoms with van der Waals surface area (Å²) in [6, 6.07) is 3.19. The monoisotopic (exact) mass is 315 g/mol. The van der Waals surface area contributed by atoms with E-state index in [4.69, 9.17) is 0 Å². The molecule has 1 unspecified atom stereocenters. The lowest BCUT2D eigenvalue weighted by atomic mass is 10.2. The van der Waals surface area contributed by atoms with Crippen molar-refractivity contribution in [1.82, 2.24) is 4.90 Å². The Labute approximate surface area is 122 Å². The number of amides is 1. The van der Waals surface area contributed by atoms with E-state index < -0.39 is 26.5 Å². The second-order valence-corrected chi connectivity index (χ2v) is 6.76. The van der Waals surface area contributed by atoms with Crippen LogP contribution >= 0.6 is 0 Å². The molecule has 0 heterocycles. The number of nitrogens with one attached hydrogen (secondary N) is 1. The van der Waals surface area contributed by atoms with E-state index in [1.165, 1.54) is 17.0 Å². The highest BCUT2D eigenvalue weighted by Crippen LogP contribution is 2.32. The molecule has 116 valence electrons. The molecule has 0 aromatic heterocycles. The molecule has 0 aliphatic heterocycles. The largest absolute Gasteiger partial charge is 0.368 e. The molecule has 0 bridgehead atoms. The van der Waals surface area contributed by atoms with Crippen molar-refractivity contribution in [2.45, 2.75) is 17.9 Å². The van der Waals surface area contributed by atoms with Gasteiger partial charge in [0.25, 0.3) is 0 Å². The smallest absolute Gasteiger partial charge is 0.310 e. The fourth-order valence-electron chi connectivity index (χ4n) is 1.81. The van der Waals surface area contributed by atoms with Gasteiger partial charge in [-0.15, -0.1) is 0 Å². The van der Waals surface area contributed by atoms with Crippen LogP contribution in [0.3, 0.4) is 0 Å². The van der Waals surface area contributed by atoms with Crippen LogP contribution in [0.1, 0.15) is 6.92 Å². The van der Waals surface area contributed by atoms with Gasteiger partial charge >= 0.3 is 5.69 Å². The Hall–Kier alpha value is -2.16. The van der Waals surface area contributed by atoms with Crippen molar-refractivity contribution in [2.75, 3.05) is 25.7 Å². The number of hydrogen-bond acceptors (Lipinski definition) is 6. The van der Waals surface area contributed by atoms with Crippen LogP contribution in [0.4, 0.5) is 11.4 Å². The molecule has 1 rings (SSSR count). The zero-order chi connectivity index (χ0) is 16.4. The van der Waals surface area contributed by atoms with Crippen LogP contribution in [0.5, 0.6) is 0 Å². The number of nitro groups is 1. The predicted molar refractivity (Wildman–Crippen MR) is 78.0 cm³/mol. The first-order valence-electron chi connectivity index (χ1n) is 6.01. The van der Waals surface area contributed by atoms with Crippen LogP contribution in [0, 0.1) is 10.1 Å². The summed E-state index contributed by atoms with van der Waals surface area (Å²) < 4.78 is 23.3. The normalized spacial score (nSPS) is 12.6. The molecule has 1 aromatic carbocycles. The number of sulfone groups is 1. The second kappa shape index (κ2) is 6.08. The van der Waals surface area contributed by atoms with E-state index in [0.29, 0.717) is 0 Å². The van der Waals surface area contributed by atoms with E-state index in [1.54, 1.807) is 21.0 Å². The molecule has 0 spiro atoms. The van der Waals surface area contributed by atoms with Crippen molar-refractivity contribution in [1.29, 1.82) is 0 Å². The molecule has 1 N–H and O–H groups in total. The van der Waals surface area contributed by atoms with Gasteiger partial charge in [0.1, 0.15) is 16.6 Å². The summed E-state index contributed by atoms with van der Waals surface area (Å²) in [7, 11) is -0.636. The van der Waals surface area contributed by atoms with Gasteiger partial charge in [0, 0.05) is 20.4 Å². The summed E-state index contributed by atoms with van der Waals surface area (Å²) >= 11 is 0. The molecule has 1 aromatic rings. The number of benzene rings is 1. The summed E-state index contributed by atoms with van der Waals surface area (Å²) in [6.07, 6.45) is 0.896. The van der Waals surface area contributed by atoms with Crippen molar-refractivity contribution in [3.63, 3.8) is 0 Å². The molecule has 0 aliphatic rings. The minimum Gasteiger partial charge on any atom is -0.368 e. The van der Waals surface area contributed by atoms with Gasteiger partial charge in [-0.05, 0) is 19.1 Å². The van der Waals surface area contributed by atoms with Gasteiger partial charge in [0.05, 0.1) is 4.92 Å². The Balaban J connectivity index is 3.32. The third-order valence-corrected chi connectivity index (χ3v) is 3.89. The van der Waals surface area contributed by atoms with Gasteiger partial charge in [-0.1, -0.05) is 6.07 Å². The summed E-state index contributed by atoms with van der Waals surface area (Å²) in [5.74, 6) is -0.283. The van der Waals surface area contributed by atoms with Crippen LogP contribution in [-0.2, 0) is 14.6 Å². The Morgan fingerprint density at radius 2 is 1.95 bits per heavy atom. The molecule has 1 amide bonds. The molecule has 0 aliphatic carbocycles. The van der Waals surface area contributed by atoms with Crippen molar-refractivity contribution in [3.8, 4) is 0 Å². The SMILES string of the molecule is CC(Nc1cccc(S(C)(=O)=O)c1[N+](=O)[O-])C(=O)N(C)C. The third kappa shape index (κ3) is 3.91. The van der Waals surface area contributed by atoms with Crippen LogP contribution in [-0.4, -0.2) is 50.5 Å². The van der Waals surface area contributed by atoms with E-state index in [1.807, 2.05) is 0 Å². The highest BCUT2D eigenvalue weighted by molar-refractivity contribution is 7.90.